The molecule has 5 heteroatoms. The number of nitrogens with zero attached hydrogens (tertiary/aromatic N) is 1. The number of rotatable bonds is 3. The summed E-state index contributed by atoms with van der Waals surface area (Å²) in [6, 6.07) is 5.14. The molecule has 2 rings (SSSR count). The van der Waals surface area contributed by atoms with E-state index in [4.69, 9.17) is 4.42 Å². The number of alkyl halides is 1. The molecular weight excluding hydrogens is 262 g/mol. The number of hydrogen-bond acceptors (Lipinski definition) is 4. The molecule has 4 nitrogen and oxygen atoms in total. The van der Waals surface area contributed by atoms with Crippen LogP contribution in [0.25, 0.3) is 11.1 Å². The van der Waals surface area contributed by atoms with E-state index in [1.165, 1.54) is 6.39 Å². The van der Waals surface area contributed by atoms with Crippen molar-refractivity contribution in [1.29, 1.82) is 0 Å². The Morgan fingerprint density at radius 3 is 2.93 bits per heavy atom. The van der Waals surface area contributed by atoms with Gasteiger partial charge in [0.15, 0.2) is 12.0 Å². The lowest BCUT2D eigenvalue weighted by molar-refractivity contribution is 0.0343. The Hall–Kier alpha value is -0.910. The highest BCUT2D eigenvalue weighted by atomic mass is 79.9. The second kappa shape index (κ2) is 4.30. The minimum absolute atomic E-state index is 0.324. The highest BCUT2D eigenvalue weighted by Crippen LogP contribution is 2.22. The molecule has 0 aliphatic rings. The molecule has 2 aromatic rings. The minimum atomic E-state index is -0.912. The van der Waals surface area contributed by atoms with Gasteiger partial charge in [0.05, 0.1) is 6.10 Å². The summed E-state index contributed by atoms with van der Waals surface area (Å²) in [5.41, 5.74) is 1.97. The zero-order chi connectivity index (χ0) is 10.8. The van der Waals surface area contributed by atoms with Gasteiger partial charge in [0, 0.05) is 5.33 Å². The average molecular weight is 272 g/mol. The van der Waals surface area contributed by atoms with Crippen molar-refractivity contribution < 1.29 is 14.6 Å². The molecule has 0 bridgehead atoms. The van der Waals surface area contributed by atoms with E-state index in [2.05, 4.69) is 20.9 Å². The first kappa shape index (κ1) is 10.6. The zero-order valence-corrected chi connectivity index (χ0v) is 9.39. The Balaban J connectivity index is 2.35. The average Bonchev–Trinajstić information content (AvgIpc) is 2.73. The number of benzene rings is 1. The zero-order valence-electron chi connectivity index (χ0n) is 7.80. The molecule has 2 atom stereocenters. The fourth-order valence-electron chi connectivity index (χ4n) is 1.37. The van der Waals surface area contributed by atoms with E-state index < -0.39 is 12.2 Å². The second-order valence-electron chi connectivity index (χ2n) is 3.25. The van der Waals surface area contributed by atoms with Crippen LogP contribution in [0, 0.1) is 0 Å². The van der Waals surface area contributed by atoms with Gasteiger partial charge in [-0.2, -0.15) is 0 Å². The fraction of sp³-hybridized carbons (Fsp3) is 0.300. The largest absolute Gasteiger partial charge is 0.443 e. The molecule has 0 amide bonds. The minimum Gasteiger partial charge on any atom is -0.443 e. The summed E-state index contributed by atoms with van der Waals surface area (Å²) in [5.74, 6) is 0. The van der Waals surface area contributed by atoms with Crippen molar-refractivity contribution in [3.63, 3.8) is 0 Å². The third-order valence-corrected chi connectivity index (χ3v) is 2.88. The van der Waals surface area contributed by atoms with E-state index in [0.717, 1.165) is 0 Å². The molecule has 0 fully saturated rings. The van der Waals surface area contributed by atoms with Crippen molar-refractivity contribution in [2.45, 2.75) is 12.2 Å². The third kappa shape index (κ3) is 2.04. The van der Waals surface area contributed by atoms with E-state index in [-0.39, 0.29) is 0 Å². The van der Waals surface area contributed by atoms with Gasteiger partial charge in [0.2, 0.25) is 0 Å². The maximum atomic E-state index is 9.75. The fourth-order valence-corrected chi connectivity index (χ4v) is 1.72. The second-order valence-corrected chi connectivity index (χ2v) is 3.89. The first-order valence-electron chi connectivity index (χ1n) is 4.47. The number of oxazole rings is 1. The predicted molar refractivity (Wildman–Crippen MR) is 58.8 cm³/mol. The number of aromatic nitrogens is 1. The Labute approximate surface area is 94.7 Å². The smallest absolute Gasteiger partial charge is 0.181 e. The van der Waals surface area contributed by atoms with Crippen LogP contribution < -0.4 is 0 Å². The number of aliphatic hydroxyl groups is 2. The molecular formula is C10H10BrNO3. The van der Waals surface area contributed by atoms with Crippen LogP contribution in [0.3, 0.4) is 0 Å². The first-order chi connectivity index (χ1) is 7.22. The van der Waals surface area contributed by atoms with Crippen LogP contribution in [0.15, 0.2) is 29.0 Å². The van der Waals surface area contributed by atoms with Crippen LogP contribution in [0.2, 0.25) is 0 Å². The molecule has 2 N–H and O–H groups in total. The molecule has 0 spiro atoms. The lowest BCUT2D eigenvalue weighted by atomic mass is 10.1. The molecule has 80 valence electrons. The van der Waals surface area contributed by atoms with Gasteiger partial charge in [0.25, 0.3) is 0 Å². The van der Waals surface area contributed by atoms with E-state index in [0.29, 0.717) is 22.0 Å². The number of fused-ring (bicyclic) bond motifs is 1. The van der Waals surface area contributed by atoms with Gasteiger partial charge >= 0.3 is 0 Å². The summed E-state index contributed by atoms with van der Waals surface area (Å²) < 4.78 is 5.07. The Bertz CT molecular complexity index is 457. The van der Waals surface area contributed by atoms with Crippen molar-refractivity contribution >= 4 is 27.0 Å². The quantitative estimate of drug-likeness (QED) is 0.833. The van der Waals surface area contributed by atoms with E-state index >= 15 is 0 Å². The van der Waals surface area contributed by atoms with Gasteiger partial charge < -0.3 is 14.6 Å². The Morgan fingerprint density at radius 2 is 2.20 bits per heavy atom. The maximum absolute atomic E-state index is 9.75. The lowest BCUT2D eigenvalue weighted by Crippen LogP contribution is -2.19. The van der Waals surface area contributed by atoms with Crippen LogP contribution in [0.1, 0.15) is 11.7 Å². The van der Waals surface area contributed by atoms with E-state index in [1.54, 1.807) is 18.2 Å². The molecule has 1 heterocycles. The normalized spacial score (nSPS) is 15.4. The standard InChI is InChI=1S/C10H10BrNO3/c11-4-8(13)10(14)6-1-2-9-7(3-6)12-5-15-9/h1-3,5,8,10,13-14H,4H2. The van der Waals surface area contributed by atoms with Gasteiger partial charge in [-0.15, -0.1) is 0 Å². The molecule has 0 saturated heterocycles. The molecule has 0 aliphatic heterocycles. The molecule has 0 saturated carbocycles. The summed E-state index contributed by atoms with van der Waals surface area (Å²) >= 11 is 3.11. The lowest BCUT2D eigenvalue weighted by Gasteiger charge is -2.15. The summed E-state index contributed by atoms with van der Waals surface area (Å²) in [5, 5.41) is 19.5. The molecule has 1 aromatic carbocycles. The topological polar surface area (TPSA) is 66.5 Å². The van der Waals surface area contributed by atoms with Gasteiger partial charge in [-0.1, -0.05) is 22.0 Å². The molecule has 1 aromatic heterocycles. The van der Waals surface area contributed by atoms with Crippen molar-refractivity contribution in [3.05, 3.63) is 30.2 Å². The molecule has 15 heavy (non-hydrogen) atoms. The number of halogens is 1. The van der Waals surface area contributed by atoms with Gasteiger partial charge in [-0.25, -0.2) is 4.98 Å². The van der Waals surface area contributed by atoms with Crippen LogP contribution in [0.4, 0.5) is 0 Å². The van der Waals surface area contributed by atoms with Crippen molar-refractivity contribution in [2.75, 3.05) is 5.33 Å². The maximum Gasteiger partial charge on any atom is 0.181 e. The van der Waals surface area contributed by atoms with E-state index in [1.807, 2.05) is 0 Å². The third-order valence-electron chi connectivity index (χ3n) is 2.22. The Morgan fingerprint density at radius 1 is 1.40 bits per heavy atom. The van der Waals surface area contributed by atoms with Crippen molar-refractivity contribution in [2.24, 2.45) is 0 Å². The van der Waals surface area contributed by atoms with Gasteiger partial charge in [0.1, 0.15) is 11.6 Å². The highest BCUT2D eigenvalue weighted by Gasteiger charge is 2.17. The van der Waals surface area contributed by atoms with Crippen molar-refractivity contribution in [3.8, 4) is 0 Å². The first-order valence-corrected chi connectivity index (χ1v) is 5.60. The number of aliphatic hydroxyl groups excluding tert-OH is 2. The monoisotopic (exact) mass is 271 g/mol. The highest BCUT2D eigenvalue weighted by molar-refractivity contribution is 9.09. The number of hydrogen-bond donors (Lipinski definition) is 2. The van der Waals surface area contributed by atoms with Gasteiger partial charge in [-0.3, -0.25) is 0 Å². The predicted octanol–water partition coefficient (Wildman–Crippen LogP) is 1.62. The summed E-state index contributed by atoms with van der Waals surface area (Å²) in [6.07, 6.45) is -0.387. The summed E-state index contributed by atoms with van der Waals surface area (Å²) in [4.78, 5) is 3.98. The summed E-state index contributed by atoms with van der Waals surface area (Å²) in [6.45, 7) is 0. The molecule has 0 aliphatic carbocycles. The Kier molecular flexibility index (Phi) is 3.04. The van der Waals surface area contributed by atoms with Crippen LogP contribution in [0.5, 0.6) is 0 Å². The van der Waals surface area contributed by atoms with Crippen LogP contribution in [-0.4, -0.2) is 26.6 Å². The molecule has 0 radical (unpaired) electrons. The van der Waals surface area contributed by atoms with Crippen LogP contribution in [-0.2, 0) is 0 Å². The summed E-state index contributed by atoms with van der Waals surface area (Å²) in [7, 11) is 0. The van der Waals surface area contributed by atoms with Gasteiger partial charge in [-0.05, 0) is 17.7 Å². The van der Waals surface area contributed by atoms with Crippen molar-refractivity contribution in [1.82, 2.24) is 4.98 Å². The van der Waals surface area contributed by atoms with E-state index in [9.17, 15) is 10.2 Å². The molecule has 2 unspecified atom stereocenters. The van der Waals surface area contributed by atoms with Crippen LogP contribution >= 0.6 is 15.9 Å². The SMILES string of the molecule is OC(CBr)C(O)c1ccc2ocnc2c1.